The number of fused-ring (bicyclic) bond motifs is 1. The van der Waals surface area contributed by atoms with Crippen LogP contribution in [0.15, 0.2) is 54.6 Å². The molecule has 1 atom stereocenters. The van der Waals surface area contributed by atoms with Crippen molar-refractivity contribution in [1.82, 2.24) is 5.32 Å². The summed E-state index contributed by atoms with van der Waals surface area (Å²) in [4.78, 5) is 25.3. The maximum Gasteiger partial charge on any atom is 0.416 e. The number of hydrogen-bond acceptors (Lipinski definition) is 3. The Labute approximate surface area is 205 Å². The molecule has 3 aromatic rings. The monoisotopic (exact) mass is 503 g/mol. The van der Waals surface area contributed by atoms with Gasteiger partial charge in [0.15, 0.2) is 0 Å². The van der Waals surface area contributed by atoms with Gasteiger partial charge in [-0.1, -0.05) is 50.1 Å². The summed E-state index contributed by atoms with van der Waals surface area (Å²) < 4.78 is 58.9. The Morgan fingerprint density at radius 3 is 2.31 bits per heavy atom. The lowest BCUT2D eigenvalue weighted by Gasteiger charge is -2.31. The largest absolute Gasteiger partial charge is 0.487 e. The van der Waals surface area contributed by atoms with E-state index in [1.807, 2.05) is 6.92 Å². The van der Waals surface area contributed by atoms with Gasteiger partial charge in [-0.15, -0.1) is 0 Å². The van der Waals surface area contributed by atoms with Crippen LogP contribution in [0.4, 0.5) is 17.6 Å². The molecule has 1 amide bonds. The predicted octanol–water partition coefficient (Wildman–Crippen LogP) is 6.34. The third kappa shape index (κ3) is 5.15. The molecule has 0 heterocycles. The fraction of sp³-hybridized carbons (Fsp3) is 0.333. The average Bonchev–Trinajstić information content (AvgIpc) is 3.27. The van der Waals surface area contributed by atoms with Crippen LogP contribution in [0, 0.1) is 11.2 Å². The van der Waals surface area contributed by atoms with Gasteiger partial charge in [0, 0.05) is 10.8 Å². The second kappa shape index (κ2) is 9.79. The summed E-state index contributed by atoms with van der Waals surface area (Å²) in [5.74, 6) is -2.36. The molecule has 0 spiro atoms. The molecule has 1 aliphatic rings. The number of carboxylic acid groups (broad SMARTS) is 1. The van der Waals surface area contributed by atoms with Crippen molar-refractivity contribution in [2.24, 2.45) is 5.41 Å². The Kier molecular flexibility index (Phi) is 6.93. The van der Waals surface area contributed by atoms with Crippen LogP contribution >= 0.6 is 0 Å². The summed E-state index contributed by atoms with van der Waals surface area (Å²) in [5.41, 5.74) is -0.998. The van der Waals surface area contributed by atoms with Crippen molar-refractivity contribution in [2.75, 3.05) is 0 Å². The second-order valence-corrected chi connectivity index (χ2v) is 9.37. The van der Waals surface area contributed by atoms with Crippen LogP contribution in [0.2, 0.25) is 0 Å². The SMILES string of the molecule is CC1([C@H](NC(=O)c2ccc3c(F)cccc3c2OCc2ccc(C(F)(F)F)cc2)C(=O)O)CCCC1. The third-order valence-electron chi connectivity index (χ3n) is 6.83. The van der Waals surface area contributed by atoms with Crippen molar-refractivity contribution in [1.29, 1.82) is 0 Å². The maximum absolute atomic E-state index is 14.4. The lowest BCUT2D eigenvalue weighted by Crippen LogP contribution is -2.50. The average molecular weight is 503 g/mol. The van der Waals surface area contributed by atoms with E-state index in [9.17, 15) is 32.3 Å². The van der Waals surface area contributed by atoms with Gasteiger partial charge >= 0.3 is 12.1 Å². The van der Waals surface area contributed by atoms with Crippen LogP contribution in [0.3, 0.4) is 0 Å². The standard InChI is InChI=1S/C27H25F4NO4/c1-26(13-2-3-14-26)23(25(34)35)32-24(33)20-12-11-18-19(5-4-6-21(18)28)22(20)36-15-16-7-9-17(10-8-16)27(29,30)31/h4-12,23H,2-3,13-15H2,1H3,(H,32,33)(H,34,35)/t23-/m1/s1. The van der Waals surface area contributed by atoms with Gasteiger partial charge in [-0.25, -0.2) is 9.18 Å². The van der Waals surface area contributed by atoms with Gasteiger partial charge in [0.05, 0.1) is 11.1 Å². The first-order valence-electron chi connectivity index (χ1n) is 11.5. The zero-order valence-corrected chi connectivity index (χ0v) is 19.5. The molecular weight excluding hydrogens is 478 g/mol. The zero-order valence-electron chi connectivity index (χ0n) is 19.5. The number of carboxylic acids is 1. The van der Waals surface area contributed by atoms with E-state index in [4.69, 9.17) is 4.74 Å². The molecule has 1 saturated carbocycles. The minimum atomic E-state index is -4.48. The normalized spacial score (nSPS) is 16.0. The topological polar surface area (TPSA) is 75.6 Å². The fourth-order valence-electron chi connectivity index (χ4n) is 4.79. The Balaban J connectivity index is 1.66. The number of carbonyl (C=O) groups excluding carboxylic acids is 1. The van der Waals surface area contributed by atoms with E-state index in [2.05, 4.69) is 5.32 Å². The highest BCUT2D eigenvalue weighted by Crippen LogP contribution is 2.41. The second-order valence-electron chi connectivity index (χ2n) is 9.37. The molecule has 0 unspecified atom stereocenters. The van der Waals surface area contributed by atoms with Crippen molar-refractivity contribution in [3.63, 3.8) is 0 Å². The molecule has 1 fully saturated rings. The van der Waals surface area contributed by atoms with Gasteiger partial charge in [0.1, 0.15) is 24.2 Å². The first-order valence-corrected chi connectivity index (χ1v) is 11.5. The van der Waals surface area contributed by atoms with E-state index < -0.39 is 40.9 Å². The minimum absolute atomic E-state index is 0.00728. The lowest BCUT2D eigenvalue weighted by atomic mass is 9.80. The minimum Gasteiger partial charge on any atom is -0.487 e. The van der Waals surface area contributed by atoms with Crippen LogP contribution in [-0.4, -0.2) is 23.0 Å². The van der Waals surface area contributed by atoms with Gasteiger partial charge < -0.3 is 15.2 Å². The lowest BCUT2D eigenvalue weighted by molar-refractivity contribution is -0.142. The Hall–Kier alpha value is -3.62. The molecule has 4 rings (SSSR count). The highest BCUT2D eigenvalue weighted by atomic mass is 19.4. The van der Waals surface area contributed by atoms with Crippen LogP contribution in [0.1, 0.15) is 54.1 Å². The number of carbonyl (C=O) groups is 2. The summed E-state index contributed by atoms with van der Waals surface area (Å²) in [6.07, 6.45) is -1.43. The fourth-order valence-corrected chi connectivity index (χ4v) is 4.79. The number of nitrogens with one attached hydrogen (secondary N) is 1. The van der Waals surface area contributed by atoms with E-state index in [1.54, 1.807) is 6.07 Å². The Morgan fingerprint density at radius 2 is 1.69 bits per heavy atom. The van der Waals surface area contributed by atoms with Crippen molar-refractivity contribution in [3.05, 3.63) is 77.1 Å². The molecule has 190 valence electrons. The molecule has 5 nitrogen and oxygen atoms in total. The molecule has 3 aromatic carbocycles. The van der Waals surface area contributed by atoms with Gasteiger partial charge in [-0.05, 0) is 48.1 Å². The van der Waals surface area contributed by atoms with Crippen LogP contribution in [-0.2, 0) is 17.6 Å². The zero-order chi connectivity index (χ0) is 26.1. The van der Waals surface area contributed by atoms with E-state index in [1.165, 1.54) is 36.4 Å². The summed E-state index contributed by atoms with van der Waals surface area (Å²) in [6, 6.07) is 10.3. The van der Waals surface area contributed by atoms with Crippen molar-refractivity contribution in [3.8, 4) is 5.75 Å². The quantitative estimate of drug-likeness (QED) is 0.369. The van der Waals surface area contributed by atoms with Crippen molar-refractivity contribution < 1.29 is 37.0 Å². The molecule has 1 aliphatic carbocycles. The number of ether oxygens (including phenoxy) is 1. The highest BCUT2D eigenvalue weighted by molar-refractivity contribution is 6.05. The van der Waals surface area contributed by atoms with Gasteiger partial charge in [0.2, 0.25) is 0 Å². The van der Waals surface area contributed by atoms with E-state index in [0.717, 1.165) is 25.0 Å². The number of amides is 1. The summed E-state index contributed by atoms with van der Waals surface area (Å²) in [7, 11) is 0. The molecule has 0 aliphatic heterocycles. The molecule has 0 saturated heterocycles. The van der Waals surface area contributed by atoms with Crippen molar-refractivity contribution >= 4 is 22.6 Å². The first-order chi connectivity index (χ1) is 17.0. The first kappa shape index (κ1) is 25.5. The molecular formula is C27H25F4NO4. The summed E-state index contributed by atoms with van der Waals surface area (Å²) in [5, 5.41) is 12.9. The van der Waals surface area contributed by atoms with Gasteiger partial charge in [-0.2, -0.15) is 13.2 Å². The smallest absolute Gasteiger partial charge is 0.416 e. The van der Waals surface area contributed by atoms with E-state index in [-0.39, 0.29) is 28.7 Å². The molecule has 2 N–H and O–H groups in total. The van der Waals surface area contributed by atoms with E-state index in [0.29, 0.717) is 18.4 Å². The van der Waals surface area contributed by atoms with E-state index >= 15 is 0 Å². The van der Waals surface area contributed by atoms with Crippen molar-refractivity contribution in [2.45, 2.75) is 51.4 Å². The molecule has 9 heteroatoms. The third-order valence-corrected chi connectivity index (χ3v) is 6.83. The van der Waals surface area contributed by atoms with Crippen LogP contribution in [0.5, 0.6) is 5.75 Å². The Morgan fingerprint density at radius 1 is 1.03 bits per heavy atom. The molecule has 0 radical (unpaired) electrons. The molecule has 36 heavy (non-hydrogen) atoms. The number of halogens is 4. The van der Waals surface area contributed by atoms with Crippen LogP contribution < -0.4 is 10.1 Å². The highest BCUT2D eigenvalue weighted by Gasteiger charge is 2.42. The summed E-state index contributed by atoms with van der Waals surface area (Å²) >= 11 is 0. The predicted molar refractivity (Wildman–Crippen MR) is 125 cm³/mol. The molecule has 0 bridgehead atoms. The number of hydrogen-bond donors (Lipinski definition) is 2. The number of rotatable bonds is 7. The molecule has 0 aromatic heterocycles. The summed E-state index contributed by atoms with van der Waals surface area (Å²) in [6.45, 7) is 1.64. The van der Waals surface area contributed by atoms with Gasteiger partial charge in [-0.3, -0.25) is 4.79 Å². The van der Waals surface area contributed by atoms with Crippen LogP contribution in [0.25, 0.3) is 10.8 Å². The maximum atomic E-state index is 14.4. The Bertz CT molecular complexity index is 1280. The number of aliphatic carboxylic acids is 1. The number of alkyl halides is 3. The number of benzene rings is 3. The van der Waals surface area contributed by atoms with Gasteiger partial charge in [0.25, 0.3) is 5.91 Å².